The van der Waals surface area contributed by atoms with Gasteiger partial charge in [-0.25, -0.2) is 0 Å². The van der Waals surface area contributed by atoms with Crippen molar-refractivity contribution in [2.24, 2.45) is 5.41 Å². The standard InChI is InChI=1S/C19H18N2O3/c22-17-13-6-3-4-9-19(13,18(23)24)16-15-12(8-10-21(16)17)11-5-1-2-7-14(11)20-15/h1-2,5-7,16,20H,3-4,8-10H2,(H,23,24)/t16-,19+/m1/s1. The van der Waals surface area contributed by atoms with Crippen LogP contribution in [0.4, 0.5) is 0 Å². The Morgan fingerprint density at radius 1 is 1.33 bits per heavy atom. The van der Waals surface area contributed by atoms with Gasteiger partial charge in [-0.2, -0.15) is 0 Å². The van der Waals surface area contributed by atoms with Gasteiger partial charge < -0.3 is 15.0 Å². The molecule has 1 fully saturated rings. The second-order valence-corrected chi connectivity index (χ2v) is 7.00. The van der Waals surface area contributed by atoms with E-state index in [1.807, 2.05) is 24.3 Å². The summed E-state index contributed by atoms with van der Waals surface area (Å²) in [6.45, 7) is 0.588. The molecule has 2 atom stereocenters. The summed E-state index contributed by atoms with van der Waals surface area (Å²) in [6.07, 6.45) is 4.75. The van der Waals surface area contributed by atoms with Crippen molar-refractivity contribution in [1.82, 2.24) is 9.88 Å². The van der Waals surface area contributed by atoms with E-state index in [0.717, 1.165) is 35.9 Å². The normalized spacial score (nSPS) is 28.3. The number of aromatic amines is 1. The number of carbonyl (C=O) groups is 2. The number of hydrogen-bond acceptors (Lipinski definition) is 2. The van der Waals surface area contributed by atoms with E-state index in [2.05, 4.69) is 11.1 Å². The monoisotopic (exact) mass is 322 g/mol. The molecule has 2 aromatic rings. The summed E-state index contributed by atoms with van der Waals surface area (Å²) in [5.41, 5.74) is 2.50. The van der Waals surface area contributed by atoms with Crippen LogP contribution in [0.1, 0.15) is 36.6 Å². The van der Waals surface area contributed by atoms with Crippen LogP contribution in [0.5, 0.6) is 0 Å². The van der Waals surface area contributed by atoms with E-state index in [4.69, 9.17) is 0 Å². The summed E-state index contributed by atoms with van der Waals surface area (Å²) in [6, 6.07) is 7.65. The Kier molecular flexibility index (Phi) is 2.59. The van der Waals surface area contributed by atoms with Crippen LogP contribution in [0.2, 0.25) is 0 Å². The molecule has 1 saturated heterocycles. The van der Waals surface area contributed by atoms with E-state index in [-0.39, 0.29) is 5.91 Å². The molecule has 24 heavy (non-hydrogen) atoms. The molecule has 2 N–H and O–H groups in total. The third-order valence-corrected chi connectivity index (χ3v) is 5.98. The fraction of sp³-hybridized carbons (Fsp3) is 0.368. The molecule has 5 heteroatoms. The molecule has 3 aliphatic rings. The van der Waals surface area contributed by atoms with Gasteiger partial charge in [-0.05, 0) is 37.3 Å². The van der Waals surface area contributed by atoms with Crippen LogP contribution in [0.15, 0.2) is 35.9 Å². The lowest BCUT2D eigenvalue weighted by Gasteiger charge is -2.38. The number of amides is 1. The average Bonchev–Trinajstić information content (AvgIpc) is 3.10. The maximum absolute atomic E-state index is 12.9. The zero-order valence-electron chi connectivity index (χ0n) is 13.2. The van der Waals surface area contributed by atoms with E-state index in [1.165, 1.54) is 5.56 Å². The maximum Gasteiger partial charge on any atom is 0.316 e. The summed E-state index contributed by atoms with van der Waals surface area (Å²) in [7, 11) is 0. The molecule has 1 aromatic carbocycles. The van der Waals surface area contributed by atoms with Crippen molar-refractivity contribution >= 4 is 22.8 Å². The zero-order chi connectivity index (χ0) is 16.5. The molecule has 5 rings (SSSR count). The molecule has 3 heterocycles. The number of H-pyrrole nitrogens is 1. The second kappa shape index (κ2) is 4.50. The number of aromatic nitrogens is 1. The molecule has 0 radical (unpaired) electrons. The predicted molar refractivity (Wildman–Crippen MR) is 88.5 cm³/mol. The van der Waals surface area contributed by atoms with E-state index in [0.29, 0.717) is 18.5 Å². The average molecular weight is 322 g/mol. The Hall–Kier alpha value is -2.56. The van der Waals surface area contributed by atoms with Crippen LogP contribution in [-0.4, -0.2) is 33.4 Å². The number of fused-ring (bicyclic) bond motifs is 7. The van der Waals surface area contributed by atoms with E-state index in [9.17, 15) is 14.7 Å². The largest absolute Gasteiger partial charge is 0.481 e. The number of para-hydroxylation sites is 1. The van der Waals surface area contributed by atoms with Gasteiger partial charge >= 0.3 is 5.97 Å². The first kappa shape index (κ1) is 13.8. The molecule has 0 spiro atoms. The fourth-order valence-electron chi connectivity index (χ4n) is 4.97. The van der Waals surface area contributed by atoms with Gasteiger partial charge in [0.05, 0.1) is 6.04 Å². The van der Waals surface area contributed by atoms with E-state index < -0.39 is 17.4 Å². The number of nitrogens with one attached hydrogen (secondary N) is 1. The highest BCUT2D eigenvalue weighted by Crippen LogP contribution is 2.58. The minimum atomic E-state index is -1.11. The molecule has 1 aromatic heterocycles. The van der Waals surface area contributed by atoms with Crippen molar-refractivity contribution in [3.8, 4) is 0 Å². The highest BCUT2D eigenvalue weighted by Gasteiger charge is 2.63. The summed E-state index contributed by atoms with van der Waals surface area (Å²) >= 11 is 0. The Balaban J connectivity index is 1.81. The Morgan fingerprint density at radius 2 is 2.17 bits per heavy atom. The zero-order valence-corrected chi connectivity index (χ0v) is 13.2. The van der Waals surface area contributed by atoms with Crippen LogP contribution in [0, 0.1) is 5.41 Å². The van der Waals surface area contributed by atoms with Crippen LogP contribution < -0.4 is 0 Å². The molecule has 0 unspecified atom stereocenters. The predicted octanol–water partition coefficient (Wildman–Crippen LogP) is 2.79. The Morgan fingerprint density at radius 3 is 3.00 bits per heavy atom. The smallest absolute Gasteiger partial charge is 0.316 e. The minimum absolute atomic E-state index is 0.0913. The third-order valence-electron chi connectivity index (χ3n) is 5.98. The van der Waals surface area contributed by atoms with Crippen molar-refractivity contribution < 1.29 is 14.7 Å². The van der Waals surface area contributed by atoms with E-state index in [1.54, 1.807) is 4.90 Å². The number of benzene rings is 1. The van der Waals surface area contributed by atoms with Crippen molar-refractivity contribution in [1.29, 1.82) is 0 Å². The summed E-state index contributed by atoms with van der Waals surface area (Å²) in [5.74, 6) is -0.966. The molecule has 2 aliphatic heterocycles. The molecule has 122 valence electrons. The van der Waals surface area contributed by atoms with Crippen molar-refractivity contribution in [2.45, 2.75) is 31.7 Å². The molecule has 1 amide bonds. The van der Waals surface area contributed by atoms with E-state index >= 15 is 0 Å². The van der Waals surface area contributed by atoms with Gasteiger partial charge in [0.15, 0.2) is 0 Å². The van der Waals surface area contributed by atoms with Gasteiger partial charge in [0.25, 0.3) is 5.91 Å². The first-order chi connectivity index (χ1) is 11.6. The number of aliphatic carboxylic acids is 1. The molecule has 1 aliphatic carbocycles. The number of carboxylic acid groups (broad SMARTS) is 1. The van der Waals surface area contributed by atoms with Crippen LogP contribution >= 0.6 is 0 Å². The number of nitrogens with zero attached hydrogens (tertiary/aromatic N) is 1. The maximum atomic E-state index is 12.9. The van der Waals surface area contributed by atoms with Crippen LogP contribution in [0.3, 0.4) is 0 Å². The quantitative estimate of drug-likeness (QED) is 0.848. The fourth-order valence-corrected chi connectivity index (χ4v) is 4.97. The third kappa shape index (κ3) is 1.45. The number of allylic oxidation sites excluding steroid dienone is 1. The van der Waals surface area contributed by atoms with Gasteiger partial charge in [0, 0.05) is 28.7 Å². The van der Waals surface area contributed by atoms with Gasteiger partial charge in [-0.1, -0.05) is 24.3 Å². The first-order valence-electron chi connectivity index (χ1n) is 8.49. The molecule has 0 bridgehead atoms. The highest BCUT2D eigenvalue weighted by atomic mass is 16.4. The molecule has 5 nitrogen and oxygen atoms in total. The SMILES string of the molecule is O=C1C2=CCCC[C@@]2(C(=O)O)[C@H]2c3[nH]c4ccccc4c3CCN12. The molecular weight excluding hydrogens is 304 g/mol. The summed E-state index contributed by atoms with van der Waals surface area (Å²) in [5, 5.41) is 11.3. The number of rotatable bonds is 1. The van der Waals surface area contributed by atoms with Crippen LogP contribution in [-0.2, 0) is 16.0 Å². The number of carboxylic acids is 1. The molecule has 0 saturated carbocycles. The van der Waals surface area contributed by atoms with Crippen molar-refractivity contribution in [3.05, 3.63) is 47.2 Å². The molecular formula is C19H18N2O3. The topological polar surface area (TPSA) is 73.4 Å². The lowest BCUT2D eigenvalue weighted by molar-refractivity contribution is -0.149. The number of hydrogen-bond donors (Lipinski definition) is 2. The Labute approximate surface area is 139 Å². The van der Waals surface area contributed by atoms with Gasteiger partial charge in [0.1, 0.15) is 5.41 Å². The van der Waals surface area contributed by atoms with Gasteiger partial charge in [-0.3, -0.25) is 9.59 Å². The highest BCUT2D eigenvalue weighted by molar-refractivity contribution is 6.06. The second-order valence-electron chi connectivity index (χ2n) is 7.00. The first-order valence-corrected chi connectivity index (χ1v) is 8.49. The summed E-state index contributed by atoms with van der Waals surface area (Å²) in [4.78, 5) is 30.5. The van der Waals surface area contributed by atoms with Gasteiger partial charge in [-0.15, -0.1) is 0 Å². The lowest BCUT2D eigenvalue weighted by atomic mass is 9.68. The van der Waals surface area contributed by atoms with Crippen molar-refractivity contribution in [2.75, 3.05) is 6.54 Å². The number of carbonyl (C=O) groups excluding carboxylic acids is 1. The lowest BCUT2D eigenvalue weighted by Crippen LogP contribution is -2.43. The Bertz CT molecular complexity index is 926. The minimum Gasteiger partial charge on any atom is -0.481 e. The summed E-state index contributed by atoms with van der Waals surface area (Å²) < 4.78 is 0. The van der Waals surface area contributed by atoms with Gasteiger partial charge in [0.2, 0.25) is 0 Å². The van der Waals surface area contributed by atoms with Crippen molar-refractivity contribution in [3.63, 3.8) is 0 Å². The van der Waals surface area contributed by atoms with Crippen LogP contribution in [0.25, 0.3) is 10.9 Å².